The summed E-state index contributed by atoms with van der Waals surface area (Å²) in [7, 11) is 0. The van der Waals surface area contributed by atoms with Crippen LogP contribution in [-0.2, 0) is 0 Å². The molecule has 0 amide bonds. The molecule has 1 spiro atoms. The lowest BCUT2D eigenvalue weighted by Crippen LogP contribution is -2.55. The molecule has 2 saturated carbocycles. The Morgan fingerprint density at radius 1 is 1.28 bits per heavy atom. The molecule has 1 aromatic carbocycles. The van der Waals surface area contributed by atoms with Crippen LogP contribution in [0.3, 0.4) is 0 Å². The molecule has 98 valence electrons. The van der Waals surface area contributed by atoms with Gasteiger partial charge in [0.2, 0.25) is 0 Å². The summed E-state index contributed by atoms with van der Waals surface area (Å²) < 4.78 is 7.08. The number of rotatable bonds is 2. The Hall–Kier alpha value is 0.0800. The average molecular weight is 350 g/mol. The average Bonchev–Trinajstić information content (AvgIpc) is 2.83. The Kier molecular flexibility index (Phi) is 3.55. The quantitative estimate of drug-likeness (QED) is 0.647. The van der Waals surface area contributed by atoms with Gasteiger partial charge in [0.1, 0.15) is 11.9 Å². The Labute approximate surface area is 126 Å². The normalized spacial score (nSPS) is 29.3. The minimum Gasteiger partial charge on any atom is -0.488 e. The molecule has 2 aliphatic carbocycles. The van der Waals surface area contributed by atoms with Crippen LogP contribution in [0.5, 0.6) is 5.75 Å². The number of hydrogen-bond acceptors (Lipinski definition) is 1. The van der Waals surface area contributed by atoms with Gasteiger partial charge in [0.15, 0.2) is 0 Å². The van der Waals surface area contributed by atoms with Gasteiger partial charge in [-0.15, -0.1) is 11.6 Å². The Balaban J connectivity index is 1.77. The van der Waals surface area contributed by atoms with Gasteiger partial charge in [-0.1, -0.05) is 40.4 Å². The summed E-state index contributed by atoms with van der Waals surface area (Å²) in [5.74, 6) is 0.778. The van der Waals surface area contributed by atoms with Crippen LogP contribution in [0.4, 0.5) is 0 Å². The van der Waals surface area contributed by atoms with E-state index in [2.05, 4.69) is 15.9 Å². The minimum atomic E-state index is 0.206. The highest BCUT2D eigenvalue weighted by Gasteiger charge is 2.57. The van der Waals surface area contributed by atoms with Crippen LogP contribution in [0.15, 0.2) is 22.7 Å². The molecule has 1 nitrogen and oxygen atoms in total. The Morgan fingerprint density at radius 3 is 2.61 bits per heavy atom. The van der Waals surface area contributed by atoms with E-state index in [0.29, 0.717) is 5.02 Å². The molecule has 2 aliphatic rings. The molecular formula is C14H15BrCl2O. The van der Waals surface area contributed by atoms with Crippen molar-refractivity contribution in [1.82, 2.24) is 0 Å². The van der Waals surface area contributed by atoms with Crippen LogP contribution in [0.1, 0.15) is 32.1 Å². The molecule has 3 rings (SSSR count). The molecule has 2 unspecified atom stereocenters. The number of benzene rings is 1. The summed E-state index contributed by atoms with van der Waals surface area (Å²) in [4.78, 5) is 0. The predicted octanol–water partition coefficient (Wildman–Crippen LogP) is 5.42. The van der Waals surface area contributed by atoms with Crippen LogP contribution in [-0.4, -0.2) is 11.5 Å². The lowest BCUT2D eigenvalue weighted by atomic mass is 9.64. The van der Waals surface area contributed by atoms with Crippen LogP contribution < -0.4 is 4.74 Å². The predicted molar refractivity (Wildman–Crippen MR) is 78.7 cm³/mol. The smallest absolute Gasteiger partial charge is 0.138 e. The van der Waals surface area contributed by atoms with Crippen molar-refractivity contribution >= 4 is 39.1 Å². The third-order valence-electron chi connectivity index (χ3n) is 4.38. The van der Waals surface area contributed by atoms with E-state index in [9.17, 15) is 0 Å². The molecule has 0 bridgehead atoms. The standard InChI is InChI=1S/C14H15BrCl2O/c15-9-3-4-11(10(16)7-9)18-13-8-12(17)14(13)5-1-2-6-14/h3-4,7,12-13H,1-2,5-6,8H2. The molecule has 2 fully saturated rings. The second kappa shape index (κ2) is 4.88. The summed E-state index contributed by atoms with van der Waals surface area (Å²) in [6.45, 7) is 0. The second-order valence-electron chi connectivity index (χ2n) is 5.32. The first kappa shape index (κ1) is 13.1. The third kappa shape index (κ3) is 2.07. The molecule has 18 heavy (non-hydrogen) atoms. The number of alkyl halides is 1. The van der Waals surface area contributed by atoms with Crippen molar-refractivity contribution < 1.29 is 4.74 Å². The molecule has 1 aromatic rings. The zero-order valence-electron chi connectivity index (χ0n) is 9.96. The first-order chi connectivity index (χ1) is 8.62. The summed E-state index contributed by atoms with van der Waals surface area (Å²) >= 11 is 16.0. The molecule has 0 N–H and O–H groups in total. The summed E-state index contributed by atoms with van der Waals surface area (Å²) in [6, 6.07) is 5.76. The summed E-state index contributed by atoms with van der Waals surface area (Å²) in [6.07, 6.45) is 6.11. The fourth-order valence-electron chi connectivity index (χ4n) is 3.26. The van der Waals surface area contributed by atoms with E-state index in [1.165, 1.54) is 25.7 Å². The highest BCUT2D eigenvalue weighted by atomic mass is 79.9. The molecule has 0 aromatic heterocycles. The van der Waals surface area contributed by atoms with Crippen LogP contribution in [0.2, 0.25) is 5.02 Å². The van der Waals surface area contributed by atoms with Gasteiger partial charge >= 0.3 is 0 Å². The molecule has 0 aliphatic heterocycles. The molecule has 2 atom stereocenters. The number of hydrogen-bond donors (Lipinski definition) is 0. The fourth-order valence-corrected chi connectivity index (χ4v) is 4.50. The molecular weight excluding hydrogens is 335 g/mol. The van der Waals surface area contributed by atoms with E-state index < -0.39 is 0 Å². The van der Waals surface area contributed by atoms with E-state index in [1.807, 2.05) is 18.2 Å². The lowest BCUT2D eigenvalue weighted by molar-refractivity contribution is -0.0354. The van der Waals surface area contributed by atoms with E-state index in [0.717, 1.165) is 16.6 Å². The van der Waals surface area contributed by atoms with Crippen LogP contribution in [0.25, 0.3) is 0 Å². The maximum absolute atomic E-state index is 6.42. The van der Waals surface area contributed by atoms with Crippen molar-refractivity contribution in [2.75, 3.05) is 0 Å². The third-order valence-corrected chi connectivity index (χ3v) is 5.79. The van der Waals surface area contributed by atoms with Gasteiger partial charge in [-0.25, -0.2) is 0 Å². The maximum Gasteiger partial charge on any atom is 0.138 e. The SMILES string of the molecule is Clc1cc(Br)ccc1OC1CC(Cl)C12CCCC2. The largest absolute Gasteiger partial charge is 0.488 e. The first-order valence-electron chi connectivity index (χ1n) is 6.37. The maximum atomic E-state index is 6.42. The van der Waals surface area contributed by atoms with E-state index in [1.54, 1.807) is 0 Å². The monoisotopic (exact) mass is 348 g/mol. The van der Waals surface area contributed by atoms with Crippen molar-refractivity contribution in [3.05, 3.63) is 27.7 Å². The van der Waals surface area contributed by atoms with Gasteiger partial charge in [0.25, 0.3) is 0 Å². The Bertz CT molecular complexity index is 457. The number of ether oxygens (including phenoxy) is 1. The molecule has 0 saturated heterocycles. The van der Waals surface area contributed by atoms with Crippen molar-refractivity contribution in [2.24, 2.45) is 5.41 Å². The van der Waals surface area contributed by atoms with Gasteiger partial charge in [-0.05, 0) is 31.0 Å². The van der Waals surface area contributed by atoms with E-state index in [-0.39, 0.29) is 16.9 Å². The number of halogens is 3. The van der Waals surface area contributed by atoms with Gasteiger partial charge in [-0.2, -0.15) is 0 Å². The molecule has 0 heterocycles. The van der Waals surface area contributed by atoms with Gasteiger partial charge in [0.05, 0.1) is 5.02 Å². The van der Waals surface area contributed by atoms with Gasteiger partial charge in [-0.3, -0.25) is 0 Å². The zero-order valence-corrected chi connectivity index (χ0v) is 13.1. The van der Waals surface area contributed by atoms with Gasteiger partial charge < -0.3 is 4.74 Å². The second-order valence-corrected chi connectivity index (χ2v) is 7.17. The van der Waals surface area contributed by atoms with E-state index in [4.69, 9.17) is 27.9 Å². The van der Waals surface area contributed by atoms with Crippen molar-refractivity contribution in [3.63, 3.8) is 0 Å². The fraction of sp³-hybridized carbons (Fsp3) is 0.571. The molecule has 4 heteroatoms. The van der Waals surface area contributed by atoms with Crippen molar-refractivity contribution in [2.45, 2.75) is 43.6 Å². The lowest BCUT2D eigenvalue weighted by Gasteiger charge is -2.51. The van der Waals surface area contributed by atoms with E-state index >= 15 is 0 Å². The summed E-state index contributed by atoms with van der Waals surface area (Å²) in [5.41, 5.74) is 0.206. The van der Waals surface area contributed by atoms with Crippen LogP contribution >= 0.6 is 39.1 Å². The topological polar surface area (TPSA) is 9.23 Å². The Morgan fingerprint density at radius 2 is 2.00 bits per heavy atom. The highest BCUT2D eigenvalue weighted by Crippen LogP contribution is 2.57. The molecule has 0 radical (unpaired) electrons. The summed E-state index contributed by atoms with van der Waals surface area (Å²) in [5, 5.41) is 0.940. The van der Waals surface area contributed by atoms with Crippen molar-refractivity contribution in [3.8, 4) is 5.75 Å². The minimum absolute atomic E-state index is 0.206. The van der Waals surface area contributed by atoms with Gasteiger partial charge in [0, 0.05) is 21.7 Å². The first-order valence-corrected chi connectivity index (χ1v) is 7.98. The van der Waals surface area contributed by atoms with Crippen molar-refractivity contribution in [1.29, 1.82) is 0 Å². The zero-order chi connectivity index (χ0) is 12.8. The van der Waals surface area contributed by atoms with Crippen LogP contribution in [0, 0.1) is 5.41 Å². The highest BCUT2D eigenvalue weighted by molar-refractivity contribution is 9.10.